The SMILES string of the molecule is COC(=O)C[C@@H]1C[C@@H](OC(C)=O)[C@H](n2c(=O)n(CC(=O)NO)c3cnc(N)nc32)O1. The van der Waals surface area contributed by atoms with Gasteiger partial charge in [-0.1, -0.05) is 0 Å². The summed E-state index contributed by atoms with van der Waals surface area (Å²) in [7, 11) is 1.22. The van der Waals surface area contributed by atoms with E-state index in [0.29, 0.717) is 0 Å². The lowest BCUT2D eigenvalue weighted by atomic mass is 10.1. The Labute approximate surface area is 168 Å². The molecule has 0 aliphatic carbocycles. The third-order valence-corrected chi connectivity index (χ3v) is 4.49. The Morgan fingerprint density at radius 3 is 2.80 bits per heavy atom. The van der Waals surface area contributed by atoms with Gasteiger partial charge in [-0.05, 0) is 0 Å². The average Bonchev–Trinajstić information content (AvgIpc) is 3.18. The molecule has 14 nitrogen and oxygen atoms in total. The van der Waals surface area contributed by atoms with E-state index in [1.807, 2.05) is 0 Å². The van der Waals surface area contributed by atoms with E-state index in [9.17, 15) is 19.2 Å². The number of nitrogens with zero attached hydrogens (tertiary/aromatic N) is 4. The first kappa shape index (κ1) is 21.2. The fourth-order valence-electron chi connectivity index (χ4n) is 3.30. The summed E-state index contributed by atoms with van der Waals surface area (Å²) >= 11 is 0. The van der Waals surface area contributed by atoms with Crippen molar-refractivity contribution in [3.8, 4) is 0 Å². The fourth-order valence-corrected chi connectivity index (χ4v) is 3.30. The number of nitrogen functional groups attached to an aromatic ring is 1. The van der Waals surface area contributed by atoms with Crippen molar-refractivity contribution < 1.29 is 33.8 Å². The van der Waals surface area contributed by atoms with Crippen molar-refractivity contribution in [2.75, 3.05) is 12.8 Å². The quantitative estimate of drug-likeness (QED) is 0.277. The van der Waals surface area contributed by atoms with Crippen LogP contribution in [0.1, 0.15) is 26.0 Å². The molecule has 3 rings (SSSR count). The monoisotopic (exact) mass is 424 g/mol. The number of rotatable bonds is 6. The number of hydrogen-bond donors (Lipinski definition) is 3. The molecule has 3 atom stereocenters. The van der Waals surface area contributed by atoms with Crippen molar-refractivity contribution in [1.29, 1.82) is 0 Å². The Morgan fingerprint density at radius 1 is 1.43 bits per heavy atom. The van der Waals surface area contributed by atoms with E-state index < -0.39 is 48.5 Å². The molecule has 0 saturated carbocycles. The molecule has 2 aromatic rings. The van der Waals surface area contributed by atoms with Gasteiger partial charge >= 0.3 is 17.6 Å². The summed E-state index contributed by atoms with van der Waals surface area (Å²) in [6.45, 7) is 0.658. The molecule has 1 fully saturated rings. The molecule has 0 radical (unpaired) electrons. The topological polar surface area (TPSA) is 190 Å². The van der Waals surface area contributed by atoms with E-state index in [2.05, 4.69) is 14.7 Å². The first-order valence-corrected chi connectivity index (χ1v) is 8.80. The Bertz CT molecular complexity index is 1050. The maximum Gasteiger partial charge on any atom is 0.333 e. The second-order valence-electron chi connectivity index (χ2n) is 6.52. The second-order valence-corrected chi connectivity index (χ2v) is 6.52. The second kappa shape index (κ2) is 8.46. The van der Waals surface area contributed by atoms with Gasteiger partial charge in [0.15, 0.2) is 11.9 Å². The van der Waals surface area contributed by atoms with Crippen molar-refractivity contribution in [1.82, 2.24) is 24.6 Å². The summed E-state index contributed by atoms with van der Waals surface area (Å²) < 4.78 is 17.8. The smallest absolute Gasteiger partial charge is 0.333 e. The molecular formula is C16H20N6O8. The number of hydrogen-bond acceptors (Lipinski definition) is 11. The Balaban J connectivity index is 2.10. The highest BCUT2D eigenvalue weighted by molar-refractivity contribution is 5.78. The van der Waals surface area contributed by atoms with Crippen LogP contribution in [-0.2, 0) is 35.1 Å². The van der Waals surface area contributed by atoms with Crippen LogP contribution < -0.4 is 16.9 Å². The van der Waals surface area contributed by atoms with Crippen LogP contribution in [0.25, 0.3) is 11.2 Å². The maximum absolute atomic E-state index is 13.1. The van der Waals surface area contributed by atoms with Gasteiger partial charge in [0.05, 0.1) is 25.8 Å². The molecule has 0 bridgehead atoms. The molecule has 0 spiro atoms. The molecule has 2 aromatic heterocycles. The van der Waals surface area contributed by atoms with Crippen molar-refractivity contribution in [2.45, 2.75) is 44.7 Å². The highest BCUT2D eigenvalue weighted by atomic mass is 16.6. The summed E-state index contributed by atoms with van der Waals surface area (Å²) in [5.41, 5.74) is 6.52. The minimum absolute atomic E-state index is 0.0270. The van der Waals surface area contributed by atoms with Gasteiger partial charge in [-0.3, -0.25) is 24.2 Å². The third-order valence-electron chi connectivity index (χ3n) is 4.49. The Hall–Kier alpha value is -3.52. The van der Waals surface area contributed by atoms with Crippen molar-refractivity contribution in [2.24, 2.45) is 0 Å². The lowest BCUT2D eigenvalue weighted by Crippen LogP contribution is -2.36. The van der Waals surface area contributed by atoms with Crippen LogP contribution in [0.3, 0.4) is 0 Å². The molecule has 3 heterocycles. The lowest BCUT2D eigenvalue weighted by molar-refractivity contribution is -0.153. The number of aromatic nitrogens is 4. The van der Waals surface area contributed by atoms with E-state index in [1.54, 1.807) is 0 Å². The van der Waals surface area contributed by atoms with Crippen LogP contribution in [0.4, 0.5) is 5.95 Å². The number of carbonyl (C=O) groups is 3. The number of nitrogens with two attached hydrogens (primary N) is 1. The van der Waals surface area contributed by atoms with Crippen molar-refractivity contribution in [3.63, 3.8) is 0 Å². The van der Waals surface area contributed by atoms with Crippen LogP contribution in [0.15, 0.2) is 11.0 Å². The predicted molar refractivity (Wildman–Crippen MR) is 96.8 cm³/mol. The fraction of sp³-hybridized carbons (Fsp3) is 0.500. The number of imidazole rings is 1. The maximum atomic E-state index is 13.1. The number of fused-ring (bicyclic) bond motifs is 1. The molecule has 30 heavy (non-hydrogen) atoms. The highest BCUT2D eigenvalue weighted by Gasteiger charge is 2.42. The summed E-state index contributed by atoms with van der Waals surface area (Å²) in [5, 5.41) is 8.81. The largest absolute Gasteiger partial charge is 0.469 e. The molecule has 0 aromatic carbocycles. The molecule has 4 N–H and O–H groups in total. The molecule has 1 aliphatic heterocycles. The summed E-state index contributed by atoms with van der Waals surface area (Å²) in [5.74, 6) is -2.16. The van der Waals surface area contributed by atoms with Crippen molar-refractivity contribution in [3.05, 3.63) is 16.7 Å². The molecule has 1 aliphatic rings. The Kier molecular flexibility index (Phi) is 5.98. The average molecular weight is 424 g/mol. The number of esters is 2. The minimum atomic E-state index is -1.15. The molecule has 14 heteroatoms. The Morgan fingerprint density at radius 2 is 2.17 bits per heavy atom. The van der Waals surface area contributed by atoms with E-state index in [1.165, 1.54) is 25.7 Å². The van der Waals surface area contributed by atoms with Crippen LogP contribution >= 0.6 is 0 Å². The van der Waals surface area contributed by atoms with Crippen LogP contribution in [0.5, 0.6) is 0 Å². The van der Waals surface area contributed by atoms with Gasteiger partial charge in [-0.15, -0.1) is 0 Å². The normalized spacial score (nSPS) is 20.8. The third kappa shape index (κ3) is 4.08. The summed E-state index contributed by atoms with van der Waals surface area (Å²) in [6, 6.07) is 0. The molecule has 1 amide bonds. The minimum Gasteiger partial charge on any atom is -0.469 e. The number of amides is 1. The van der Waals surface area contributed by atoms with Crippen LogP contribution in [0.2, 0.25) is 0 Å². The van der Waals surface area contributed by atoms with Gasteiger partial charge in [0, 0.05) is 13.3 Å². The zero-order valence-corrected chi connectivity index (χ0v) is 16.1. The number of ether oxygens (including phenoxy) is 3. The first-order valence-electron chi connectivity index (χ1n) is 8.80. The van der Waals surface area contributed by atoms with Gasteiger partial charge in [0.1, 0.15) is 18.2 Å². The molecule has 0 unspecified atom stereocenters. The molecule has 162 valence electrons. The number of carbonyl (C=O) groups excluding carboxylic acids is 3. The van der Waals surface area contributed by atoms with Crippen LogP contribution in [-0.4, -0.2) is 61.5 Å². The predicted octanol–water partition coefficient (Wildman–Crippen LogP) is -1.54. The first-order chi connectivity index (χ1) is 14.2. The van der Waals surface area contributed by atoms with Crippen molar-refractivity contribution >= 4 is 35.0 Å². The van der Waals surface area contributed by atoms with Gasteiger partial charge < -0.3 is 19.9 Å². The number of nitrogens with one attached hydrogen (secondary N) is 1. The lowest BCUT2D eigenvalue weighted by Gasteiger charge is -2.19. The summed E-state index contributed by atoms with van der Waals surface area (Å²) in [6.07, 6.45) is -1.53. The van der Waals surface area contributed by atoms with Gasteiger partial charge in [-0.2, -0.15) is 4.98 Å². The zero-order chi connectivity index (χ0) is 22.0. The van der Waals surface area contributed by atoms with E-state index in [0.717, 1.165) is 9.13 Å². The van der Waals surface area contributed by atoms with E-state index in [-0.39, 0.29) is 30.0 Å². The number of methoxy groups -OCH3 is 1. The molecule has 1 saturated heterocycles. The molecular weight excluding hydrogens is 404 g/mol. The van der Waals surface area contributed by atoms with E-state index in [4.69, 9.17) is 20.4 Å². The standard InChI is InChI=1S/C16H20N6O8/c1-7(23)29-10-3-8(4-12(25)28-2)30-14(10)22-13-9(5-18-15(17)19-13)21(16(22)26)6-11(24)20-27/h5,8,10,14,27H,3-4,6H2,1-2H3,(H,20,24)(H2,17,18,19)/t8-,10+,14+/m0/s1. The number of hydroxylamine groups is 1. The summed E-state index contributed by atoms with van der Waals surface area (Å²) in [4.78, 5) is 55.8. The highest BCUT2D eigenvalue weighted by Crippen LogP contribution is 2.34. The zero-order valence-electron chi connectivity index (χ0n) is 16.1. The van der Waals surface area contributed by atoms with Gasteiger partial charge in [0.25, 0.3) is 5.91 Å². The van der Waals surface area contributed by atoms with Gasteiger partial charge in [0.2, 0.25) is 5.95 Å². The van der Waals surface area contributed by atoms with E-state index >= 15 is 0 Å². The van der Waals surface area contributed by atoms with Gasteiger partial charge in [-0.25, -0.2) is 19.8 Å². The van der Waals surface area contributed by atoms with Crippen LogP contribution in [0, 0.1) is 0 Å². The number of anilines is 1.